The Morgan fingerprint density at radius 1 is 0.950 bits per heavy atom. The zero-order valence-electron chi connectivity index (χ0n) is 12.5. The summed E-state index contributed by atoms with van der Waals surface area (Å²) < 4.78 is 37.6. The van der Waals surface area contributed by atoms with E-state index in [1.54, 1.807) is 0 Å². The second kappa shape index (κ2) is 8.49. The molecule has 1 rings (SSSR count). The topological polar surface area (TPSA) is 18.5 Å². The lowest BCUT2D eigenvalue weighted by Gasteiger charge is -2.25. The fourth-order valence-electron chi connectivity index (χ4n) is 2.33. The number of hydrogen-bond acceptors (Lipinski definition) is 2. The smallest absolute Gasteiger partial charge is 0.334 e. The van der Waals surface area contributed by atoms with Gasteiger partial charge in [-0.3, -0.25) is 0 Å². The van der Waals surface area contributed by atoms with Gasteiger partial charge in [-0.2, -0.15) is 0 Å². The number of halogens is 2. The zero-order valence-corrected chi connectivity index (χ0v) is 13.5. The highest BCUT2D eigenvalue weighted by Gasteiger charge is 2.29. The third-order valence-corrected chi connectivity index (χ3v) is 6.23. The van der Waals surface area contributed by atoms with Crippen LogP contribution in [0.25, 0.3) is 0 Å². The molecule has 0 atom stereocenters. The van der Waals surface area contributed by atoms with Crippen molar-refractivity contribution in [2.75, 3.05) is 13.2 Å². The second-order valence-corrected chi connectivity index (χ2v) is 8.33. The van der Waals surface area contributed by atoms with Crippen molar-refractivity contribution in [1.29, 1.82) is 0 Å². The first-order chi connectivity index (χ1) is 9.49. The average molecular weight is 302 g/mol. The Morgan fingerprint density at radius 3 is 2.00 bits per heavy atom. The van der Waals surface area contributed by atoms with Gasteiger partial charge >= 0.3 is 8.56 Å². The van der Waals surface area contributed by atoms with Crippen molar-refractivity contribution < 1.29 is 17.6 Å². The van der Waals surface area contributed by atoms with E-state index in [1.807, 2.05) is 13.8 Å². The van der Waals surface area contributed by atoms with Crippen LogP contribution >= 0.6 is 0 Å². The highest BCUT2D eigenvalue weighted by Crippen LogP contribution is 2.19. The minimum absolute atomic E-state index is 0.511. The molecule has 0 unspecified atom stereocenters. The fourth-order valence-corrected chi connectivity index (χ4v) is 4.81. The summed E-state index contributed by atoms with van der Waals surface area (Å²) in [4.78, 5) is 0. The minimum Gasteiger partial charge on any atom is -0.395 e. The highest BCUT2D eigenvalue weighted by atomic mass is 28.4. The third kappa shape index (κ3) is 6.11. The van der Waals surface area contributed by atoms with E-state index in [1.165, 1.54) is 12.1 Å². The Labute approximate surface area is 121 Å². The van der Waals surface area contributed by atoms with Crippen LogP contribution in [0, 0.1) is 11.6 Å². The molecule has 114 valence electrons. The molecule has 0 aliphatic heterocycles. The molecule has 5 heteroatoms. The quantitative estimate of drug-likeness (QED) is 0.496. The van der Waals surface area contributed by atoms with Crippen molar-refractivity contribution in [3.8, 4) is 0 Å². The van der Waals surface area contributed by atoms with Crippen molar-refractivity contribution in [1.82, 2.24) is 0 Å². The van der Waals surface area contributed by atoms with Gasteiger partial charge in [-0.1, -0.05) is 6.42 Å². The van der Waals surface area contributed by atoms with Gasteiger partial charge in [-0.25, -0.2) is 8.78 Å². The maximum Gasteiger partial charge on any atom is 0.334 e. The first-order valence-corrected chi connectivity index (χ1v) is 9.74. The Bertz CT molecular complexity index is 387. The van der Waals surface area contributed by atoms with Gasteiger partial charge in [0.1, 0.15) is 11.6 Å². The van der Waals surface area contributed by atoms with Crippen LogP contribution in [0.3, 0.4) is 0 Å². The summed E-state index contributed by atoms with van der Waals surface area (Å²) in [7, 11) is -2.06. The van der Waals surface area contributed by atoms with Crippen molar-refractivity contribution in [3.05, 3.63) is 35.4 Å². The first-order valence-electron chi connectivity index (χ1n) is 7.22. The lowest BCUT2D eigenvalue weighted by Crippen LogP contribution is -2.38. The molecule has 0 heterocycles. The van der Waals surface area contributed by atoms with E-state index in [4.69, 9.17) is 8.85 Å². The SMILES string of the molecule is CCO[Si](C)(CCCCc1cc(F)cc(F)c1)OCC. The summed E-state index contributed by atoms with van der Waals surface area (Å²) in [5, 5.41) is 0. The Morgan fingerprint density at radius 2 is 1.50 bits per heavy atom. The molecule has 0 saturated carbocycles. The molecule has 20 heavy (non-hydrogen) atoms. The highest BCUT2D eigenvalue weighted by molar-refractivity contribution is 6.66. The molecule has 1 aromatic rings. The molecule has 0 aromatic heterocycles. The van der Waals surface area contributed by atoms with Crippen LogP contribution in [-0.4, -0.2) is 21.8 Å². The van der Waals surface area contributed by atoms with E-state index in [0.717, 1.165) is 25.0 Å². The molecule has 0 spiro atoms. The van der Waals surface area contributed by atoms with E-state index in [2.05, 4.69) is 6.55 Å². The van der Waals surface area contributed by atoms with Gasteiger partial charge in [-0.15, -0.1) is 0 Å². The Hall–Kier alpha value is -0.783. The van der Waals surface area contributed by atoms with Gasteiger partial charge in [0.25, 0.3) is 0 Å². The van der Waals surface area contributed by atoms with Crippen molar-refractivity contribution >= 4 is 8.56 Å². The second-order valence-electron chi connectivity index (χ2n) is 4.98. The molecule has 0 bridgehead atoms. The molecule has 0 amide bonds. The van der Waals surface area contributed by atoms with E-state index in [-0.39, 0.29) is 0 Å². The summed E-state index contributed by atoms with van der Waals surface area (Å²) >= 11 is 0. The largest absolute Gasteiger partial charge is 0.395 e. The normalized spacial score (nSPS) is 11.8. The van der Waals surface area contributed by atoms with Gasteiger partial charge < -0.3 is 8.85 Å². The fraction of sp³-hybridized carbons (Fsp3) is 0.600. The van der Waals surface area contributed by atoms with Crippen molar-refractivity contribution in [2.24, 2.45) is 0 Å². The van der Waals surface area contributed by atoms with E-state index >= 15 is 0 Å². The third-order valence-electron chi connectivity index (χ3n) is 3.17. The molecular formula is C15H24F2O2Si. The van der Waals surface area contributed by atoms with Crippen LogP contribution in [0.5, 0.6) is 0 Å². The molecule has 0 fully saturated rings. The minimum atomic E-state index is -2.06. The van der Waals surface area contributed by atoms with Gasteiger partial charge in [0, 0.05) is 19.3 Å². The van der Waals surface area contributed by atoms with Gasteiger partial charge in [0.15, 0.2) is 0 Å². The Kier molecular flexibility index (Phi) is 7.33. The van der Waals surface area contributed by atoms with Crippen molar-refractivity contribution in [2.45, 2.75) is 45.7 Å². The summed E-state index contributed by atoms with van der Waals surface area (Å²) in [6.07, 6.45) is 2.50. The van der Waals surface area contributed by atoms with E-state index in [9.17, 15) is 8.78 Å². The Balaban J connectivity index is 2.39. The molecule has 0 N–H and O–H groups in total. The van der Waals surface area contributed by atoms with Gasteiger partial charge in [-0.05, 0) is 57.0 Å². The summed E-state index contributed by atoms with van der Waals surface area (Å²) in [5.41, 5.74) is 0.707. The molecule has 1 aromatic carbocycles. The van der Waals surface area contributed by atoms with Crippen LogP contribution in [0.2, 0.25) is 12.6 Å². The molecular weight excluding hydrogens is 278 g/mol. The van der Waals surface area contributed by atoms with E-state index in [0.29, 0.717) is 25.2 Å². The first kappa shape index (κ1) is 17.3. The van der Waals surface area contributed by atoms with Gasteiger partial charge in [0.2, 0.25) is 0 Å². The summed E-state index contributed by atoms with van der Waals surface area (Å²) in [5.74, 6) is -1.02. The number of aryl methyl sites for hydroxylation is 1. The number of rotatable bonds is 9. The van der Waals surface area contributed by atoms with Crippen LogP contribution in [0.1, 0.15) is 32.3 Å². The lowest BCUT2D eigenvalue weighted by molar-refractivity contribution is 0.188. The monoisotopic (exact) mass is 302 g/mol. The maximum atomic E-state index is 13.1. The zero-order chi connectivity index (χ0) is 15.0. The van der Waals surface area contributed by atoms with Gasteiger partial charge in [0.05, 0.1) is 0 Å². The maximum absolute atomic E-state index is 13.1. The number of hydrogen-bond donors (Lipinski definition) is 0. The average Bonchev–Trinajstić information content (AvgIpc) is 2.34. The number of benzene rings is 1. The number of unbranched alkanes of at least 4 members (excludes halogenated alkanes) is 1. The predicted molar refractivity (Wildman–Crippen MR) is 79.0 cm³/mol. The van der Waals surface area contributed by atoms with Crippen LogP contribution in [-0.2, 0) is 15.3 Å². The molecule has 0 saturated heterocycles. The lowest BCUT2D eigenvalue weighted by atomic mass is 10.1. The van der Waals surface area contributed by atoms with Crippen LogP contribution < -0.4 is 0 Å². The predicted octanol–water partition coefficient (Wildman–Crippen LogP) is 4.43. The summed E-state index contributed by atoms with van der Waals surface area (Å²) in [6.45, 7) is 7.34. The molecule has 0 aliphatic carbocycles. The van der Waals surface area contributed by atoms with E-state index < -0.39 is 20.2 Å². The standard InChI is InChI=1S/C15H24F2O2Si/c1-4-18-20(3,19-5-2)9-7-6-8-13-10-14(16)12-15(17)11-13/h10-12H,4-9H2,1-3H3. The van der Waals surface area contributed by atoms with Crippen molar-refractivity contribution in [3.63, 3.8) is 0 Å². The molecule has 0 radical (unpaired) electrons. The van der Waals surface area contributed by atoms with Crippen LogP contribution in [0.15, 0.2) is 18.2 Å². The van der Waals surface area contributed by atoms with Crippen LogP contribution in [0.4, 0.5) is 8.78 Å². The molecule has 2 nitrogen and oxygen atoms in total. The summed E-state index contributed by atoms with van der Waals surface area (Å²) in [6, 6.07) is 4.60. The molecule has 0 aliphatic rings.